The fourth-order valence-electron chi connectivity index (χ4n) is 4.85. The molecule has 0 aliphatic rings. The summed E-state index contributed by atoms with van der Waals surface area (Å²) in [6.07, 6.45) is 2.55. The van der Waals surface area contributed by atoms with Crippen molar-refractivity contribution in [2.75, 3.05) is 23.7 Å². The van der Waals surface area contributed by atoms with Gasteiger partial charge in [0.25, 0.3) is 0 Å². The van der Waals surface area contributed by atoms with Gasteiger partial charge in [0.1, 0.15) is 6.04 Å². The first-order chi connectivity index (χ1) is 19.9. The van der Waals surface area contributed by atoms with Gasteiger partial charge in [0, 0.05) is 32.5 Å². The van der Waals surface area contributed by atoms with Gasteiger partial charge >= 0.3 is 0 Å². The highest BCUT2D eigenvalue weighted by Crippen LogP contribution is 2.25. The van der Waals surface area contributed by atoms with Gasteiger partial charge in [-0.05, 0) is 73.2 Å². The van der Waals surface area contributed by atoms with Crippen molar-refractivity contribution in [1.82, 2.24) is 10.2 Å². The number of hydrogen-bond donors (Lipinski definition) is 1. The van der Waals surface area contributed by atoms with E-state index in [4.69, 9.17) is 23.2 Å². The quantitative estimate of drug-likeness (QED) is 0.225. The summed E-state index contributed by atoms with van der Waals surface area (Å²) in [5.41, 5.74) is 4.11. The number of amides is 2. The zero-order valence-corrected chi connectivity index (χ0v) is 26.9. The first kappa shape index (κ1) is 33.4. The molecule has 0 saturated carbocycles. The molecular weight excluding hydrogens is 593 g/mol. The van der Waals surface area contributed by atoms with Crippen molar-refractivity contribution in [2.24, 2.45) is 0 Å². The van der Waals surface area contributed by atoms with Gasteiger partial charge in [0.05, 0.1) is 22.0 Å². The van der Waals surface area contributed by atoms with Crippen LogP contribution in [0.25, 0.3) is 0 Å². The van der Waals surface area contributed by atoms with Gasteiger partial charge in [0.15, 0.2) is 0 Å². The topological polar surface area (TPSA) is 86.8 Å². The minimum absolute atomic E-state index is 0.0461. The number of anilines is 1. The Bertz CT molecular complexity index is 1460. The van der Waals surface area contributed by atoms with Crippen molar-refractivity contribution in [1.29, 1.82) is 0 Å². The Morgan fingerprint density at radius 3 is 2.17 bits per heavy atom. The molecule has 0 aromatic heterocycles. The lowest BCUT2D eigenvalue weighted by atomic mass is 10.0. The van der Waals surface area contributed by atoms with E-state index in [2.05, 4.69) is 5.32 Å². The van der Waals surface area contributed by atoms with E-state index in [1.807, 2.05) is 69.3 Å². The molecule has 0 aliphatic carbocycles. The molecule has 226 valence electrons. The molecule has 0 spiro atoms. The van der Waals surface area contributed by atoms with Crippen LogP contribution in [-0.2, 0) is 32.6 Å². The van der Waals surface area contributed by atoms with Crippen molar-refractivity contribution in [3.05, 3.63) is 99.0 Å². The van der Waals surface area contributed by atoms with Crippen LogP contribution in [-0.4, -0.2) is 50.5 Å². The number of nitrogens with one attached hydrogen (secondary N) is 1. The van der Waals surface area contributed by atoms with E-state index in [0.717, 1.165) is 34.9 Å². The lowest BCUT2D eigenvalue weighted by Gasteiger charge is -2.32. The summed E-state index contributed by atoms with van der Waals surface area (Å²) in [6, 6.07) is 19.5. The molecule has 1 N–H and O–H groups in total. The Labute approximate surface area is 259 Å². The molecule has 3 aromatic carbocycles. The van der Waals surface area contributed by atoms with Crippen LogP contribution in [0.3, 0.4) is 0 Å². The summed E-state index contributed by atoms with van der Waals surface area (Å²) >= 11 is 12.4. The predicted molar refractivity (Wildman–Crippen MR) is 172 cm³/mol. The molecule has 42 heavy (non-hydrogen) atoms. The molecule has 3 rings (SSSR count). The van der Waals surface area contributed by atoms with E-state index in [9.17, 15) is 18.0 Å². The molecule has 1 unspecified atom stereocenters. The number of aryl methyl sites for hydroxylation is 2. The van der Waals surface area contributed by atoms with Crippen LogP contribution in [0, 0.1) is 13.8 Å². The Kier molecular flexibility index (Phi) is 12.3. The van der Waals surface area contributed by atoms with Crippen molar-refractivity contribution in [3.8, 4) is 0 Å². The van der Waals surface area contributed by atoms with E-state index < -0.39 is 16.1 Å². The normalized spacial score (nSPS) is 12.0. The third-order valence-electron chi connectivity index (χ3n) is 6.80. The minimum atomic E-state index is -3.59. The summed E-state index contributed by atoms with van der Waals surface area (Å²) in [7, 11) is -3.59. The fourth-order valence-corrected chi connectivity index (χ4v) is 6.12. The van der Waals surface area contributed by atoms with Gasteiger partial charge in [-0.3, -0.25) is 13.9 Å². The fraction of sp³-hybridized carbons (Fsp3) is 0.375. The van der Waals surface area contributed by atoms with Crippen LogP contribution in [0.2, 0.25) is 10.0 Å². The van der Waals surface area contributed by atoms with Gasteiger partial charge in [-0.1, -0.05) is 72.6 Å². The molecule has 1 atom stereocenters. The number of sulfonamides is 1. The first-order valence-electron chi connectivity index (χ1n) is 14.0. The van der Waals surface area contributed by atoms with Crippen LogP contribution in [0.15, 0.2) is 66.7 Å². The van der Waals surface area contributed by atoms with E-state index >= 15 is 0 Å². The monoisotopic (exact) mass is 631 g/mol. The number of carbonyl (C=O) groups excluding carboxylic acids is 2. The third kappa shape index (κ3) is 9.75. The standard InChI is InChI=1S/C32H39Cl2N3O4S/c1-5-15-35-32(39)30(21-25-10-7-6-8-11-25)36(22-26-13-14-28(33)29(34)20-26)31(38)12-9-16-37(42(4,40)41)27-18-23(2)17-24(3)19-27/h6-8,10-11,13-14,17-20,30H,5,9,12,15-16,21-22H2,1-4H3,(H,35,39). The maximum Gasteiger partial charge on any atom is 0.243 e. The van der Waals surface area contributed by atoms with E-state index in [1.165, 1.54) is 4.31 Å². The summed E-state index contributed by atoms with van der Waals surface area (Å²) in [6.45, 7) is 6.54. The van der Waals surface area contributed by atoms with Crippen molar-refractivity contribution < 1.29 is 18.0 Å². The Morgan fingerprint density at radius 2 is 1.57 bits per heavy atom. The van der Waals surface area contributed by atoms with E-state index in [0.29, 0.717) is 28.7 Å². The number of benzene rings is 3. The smallest absolute Gasteiger partial charge is 0.243 e. The average molecular weight is 633 g/mol. The second-order valence-corrected chi connectivity index (χ2v) is 13.3. The third-order valence-corrected chi connectivity index (χ3v) is 8.74. The maximum absolute atomic E-state index is 13.9. The molecule has 10 heteroatoms. The number of carbonyl (C=O) groups is 2. The summed E-state index contributed by atoms with van der Waals surface area (Å²) < 4.78 is 26.8. The second kappa shape index (κ2) is 15.4. The molecule has 2 amide bonds. The van der Waals surface area contributed by atoms with Gasteiger partial charge < -0.3 is 10.2 Å². The number of hydrogen-bond acceptors (Lipinski definition) is 4. The van der Waals surface area contributed by atoms with Crippen LogP contribution < -0.4 is 9.62 Å². The highest BCUT2D eigenvalue weighted by atomic mass is 35.5. The van der Waals surface area contributed by atoms with E-state index in [1.54, 1.807) is 23.1 Å². The maximum atomic E-state index is 13.9. The molecule has 7 nitrogen and oxygen atoms in total. The SMILES string of the molecule is CCCNC(=O)C(Cc1ccccc1)N(Cc1ccc(Cl)c(Cl)c1)C(=O)CCCN(c1cc(C)cc(C)c1)S(C)(=O)=O. The zero-order valence-electron chi connectivity index (χ0n) is 24.6. The highest BCUT2D eigenvalue weighted by Gasteiger charge is 2.30. The minimum Gasteiger partial charge on any atom is -0.354 e. The molecule has 0 heterocycles. The molecule has 0 bridgehead atoms. The van der Waals surface area contributed by atoms with Crippen LogP contribution >= 0.6 is 23.2 Å². The van der Waals surface area contributed by atoms with Crippen LogP contribution in [0.5, 0.6) is 0 Å². The lowest BCUT2D eigenvalue weighted by molar-refractivity contribution is -0.141. The zero-order chi connectivity index (χ0) is 30.9. The predicted octanol–water partition coefficient (Wildman–Crippen LogP) is 6.32. The molecule has 0 saturated heterocycles. The molecule has 0 fully saturated rings. The largest absolute Gasteiger partial charge is 0.354 e. The number of rotatable bonds is 14. The average Bonchev–Trinajstić information content (AvgIpc) is 2.92. The highest BCUT2D eigenvalue weighted by molar-refractivity contribution is 7.92. The van der Waals surface area contributed by atoms with Crippen LogP contribution in [0.4, 0.5) is 5.69 Å². The van der Waals surface area contributed by atoms with Gasteiger partial charge in [-0.15, -0.1) is 0 Å². The number of nitrogens with zero attached hydrogens (tertiary/aromatic N) is 2. The molecular formula is C32H39Cl2N3O4S. The van der Waals surface area contributed by atoms with Crippen molar-refractivity contribution in [3.63, 3.8) is 0 Å². The second-order valence-electron chi connectivity index (χ2n) is 10.6. The lowest BCUT2D eigenvalue weighted by Crippen LogP contribution is -2.50. The summed E-state index contributed by atoms with van der Waals surface area (Å²) in [4.78, 5) is 29.0. The van der Waals surface area contributed by atoms with Gasteiger partial charge in [-0.25, -0.2) is 8.42 Å². The molecule has 3 aromatic rings. The van der Waals surface area contributed by atoms with Crippen LogP contribution in [0.1, 0.15) is 48.4 Å². The van der Waals surface area contributed by atoms with Crippen molar-refractivity contribution >= 4 is 50.7 Å². The molecule has 0 aliphatic heterocycles. The first-order valence-corrected chi connectivity index (χ1v) is 16.6. The van der Waals surface area contributed by atoms with Gasteiger partial charge in [-0.2, -0.15) is 0 Å². The van der Waals surface area contributed by atoms with Gasteiger partial charge in [0.2, 0.25) is 21.8 Å². The Morgan fingerprint density at radius 1 is 0.905 bits per heavy atom. The Hall–Kier alpha value is -3.07. The Balaban J connectivity index is 1.90. The van der Waals surface area contributed by atoms with Crippen molar-refractivity contribution in [2.45, 2.75) is 59.0 Å². The number of halogens is 2. The molecule has 0 radical (unpaired) electrons. The van der Waals surface area contributed by atoms with E-state index in [-0.39, 0.29) is 37.7 Å². The summed E-state index contributed by atoms with van der Waals surface area (Å²) in [5.74, 6) is -0.510. The summed E-state index contributed by atoms with van der Waals surface area (Å²) in [5, 5.41) is 3.70.